The van der Waals surface area contributed by atoms with Crippen molar-refractivity contribution in [3.63, 3.8) is 0 Å². The standard InChI is InChI=1S/C12H26O5.2C2H6O2.Ca.2H/c13-5-11-16-9-3-1-7-15-8-2-4-10-17-12-6-14;2*3-1-2-4;;;/h13-14H,1-12H2;2*3-4H,1-2H2;;;/q;;;+2;2*-1. The normalized spacial score (nSPS) is 9.46. The van der Waals surface area contributed by atoms with Gasteiger partial charge in [0, 0.05) is 26.4 Å². The summed E-state index contributed by atoms with van der Waals surface area (Å²) in [6.07, 6.45) is 3.93. The Labute approximate surface area is 189 Å². The topological polar surface area (TPSA) is 149 Å². The Morgan fingerprint density at radius 2 is 0.615 bits per heavy atom. The van der Waals surface area contributed by atoms with Crippen molar-refractivity contribution in [3.05, 3.63) is 0 Å². The minimum Gasteiger partial charge on any atom is -1.00 e. The molecule has 0 spiro atoms. The molecule has 9 nitrogen and oxygen atoms in total. The van der Waals surface area contributed by atoms with Crippen LogP contribution in [0.15, 0.2) is 0 Å². The van der Waals surface area contributed by atoms with Gasteiger partial charge in [0.05, 0.1) is 52.9 Å². The van der Waals surface area contributed by atoms with Gasteiger partial charge in [-0.2, -0.15) is 0 Å². The third kappa shape index (κ3) is 49.8. The molecule has 0 aliphatic rings. The van der Waals surface area contributed by atoms with Crippen molar-refractivity contribution in [2.45, 2.75) is 25.7 Å². The number of hydrogen-bond acceptors (Lipinski definition) is 9. The van der Waals surface area contributed by atoms with Crippen molar-refractivity contribution in [2.75, 3.05) is 79.3 Å². The van der Waals surface area contributed by atoms with E-state index in [4.69, 9.17) is 44.8 Å². The van der Waals surface area contributed by atoms with Crippen LogP contribution in [-0.2, 0) is 14.2 Å². The van der Waals surface area contributed by atoms with Crippen molar-refractivity contribution in [1.29, 1.82) is 0 Å². The van der Waals surface area contributed by atoms with Crippen LogP contribution < -0.4 is 0 Å². The molecule has 0 saturated heterocycles. The van der Waals surface area contributed by atoms with Crippen LogP contribution in [-0.4, -0.2) is 148 Å². The average molecular weight is 417 g/mol. The van der Waals surface area contributed by atoms with Gasteiger partial charge in [-0.1, -0.05) is 0 Å². The fraction of sp³-hybridized carbons (Fsp3) is 1.00. The zero-order valence-corrected chi connectivity index (χ0v) is 18.1. The van der Waals surface area contributed by atoms with Crippen LogP contribution in [0.5, 0.6) is 0 Å². The van der Waals surface area contributed by atoms with E-state index >= 15 is 0 Å². The van der Waals surface area contributed by atoms with E-state index in [1.165, 1.54) is 0 Å². The van der Waals surface area contributed by atoms with Gasteiger partial charge in [0.25, 0.3) is 0 Å². The quantitative estimate of drug-likeness (QED) is 0.129. The van der Waals surface area contributed by atoms with E-state index in [-0.39, 0.29) is 80.2 Å². The SMILES string of the molecule is OCCO.OCCO.OCCOCCCCOCCCCOCCO.[Ca+2].[H-].[H-]. The van der Waals surface area contributed by atoms with Gasteiger partial charge in [-0.3, -0.25) is 0 Å². The first-order valence-electron chi connectivity index (χ1n) is 8.63. The maximum atomic E-state index is 8.47. The van der Waals surface area contributed by atoms with Gasteiger partial charge < -0.3 is 47.7 Å². The summed E-state index contributed by atoms with van der Waals surface area (Å²) in [6, 6.07) is 0. The largest absolute Gasteiger partial charge is 2.00 e. The Hall–Kier alpha value is 0.900. The maximum Gasteiger partial charge on any atom is 2.00 e. The zero-order chi connectivity index (χ0) is 19.4. The van der Waals surface area contributed by atoms with Crippen molar-refractivity contribution >= 4 is 37.7 Å². The third-order valence-electron chi connectivity index (χ3n) is 2.33. The Bertz CT molecular complexity index is 179. The first-order valence-corrected chi connectivity index (χ1v) is 8.63. The molecule has 0 unspecified atom stereocenters. The summed E-state index contributed by atoms with van der Waals surface area (Å²) in [5, 5.41) is 47.4. The number of hydrogen-bond donors (Lipinski definition) is 6. The van der Waals surface area contributed by atoms with Crippen molar-refractivity contribution in [3.8, 4) is 0 Å². The van der Waals surface area contributed by atoms with Crippen LogP contribution in [0.25, 0.3) is 0 Å². The molecule has 0 rings (SSSR count). The van der Waals surface area contributed by atoms with Gasteiger partial charge >= 0.3 is 37.7 Å². The Balaban J connectivity index is -0.0000000937. The number of unbranched alkanes of at least 4 members (excludes halogenated alkanes) is 2. The van der Waals surface area contributed by atoms with E-state index in [1.807, 2.05) is 0 Å². The van der Waals surface area contributed by atoms with Gasteiger partial charge in [0.15, 0.2) is 0 Å². The minimum absolute atomic E-state index is 0. The fourth-order valence-electron chi connectivity index (χ4n) is 1.25. The van der Waals surface area contributed by atoms with E-state index in [1.54, 1.807) is 0 Å². The molecular formula is C16H40CaO9. The molecule has 0 amide bonds. The summed E-state index contributed by atoms with van der Waals surface area (Å²) in [4.78, 5) is 0. The van der Waals surface area contributed by atoms with Crippen LogP contribution in [0.3, 0.4) is 0 Å². The van der Waals surface area contributed by atoms with Crippen LogP contribution >= 0.6 is 0 Å². The van der Waals surface area contributed by atoms with Crippen LogP contribution in [0, 0.1) is 0 Å². The van der Waals surface area contributed by atoms with Gasteiger partial charge in [-0.15, -0.1) is 0 Å². The van der Waals surface area contributed by atoms with Gasteiger partial charge in [-0.25, -0.2) is 0 Å². The predicted molar refractivity (Wildman–Crippen MR) is 101 cm³/mol. The fourth-order valence-corrected chi connectivity index (χ4v) is 1.25. The Morgan fingerprint density at radius 3 is 0.808 bits per heavy atom. The predicted octanol–water partition coefficient (Wildman–Crippen LogP) is -1.63. The molecule has 160 valence electrons. The molecule has 0 bridgehead atoms. The molecule has 0 radical (unpaired) electrons. The van der Waals surface area contributed by atoms with Crippen molar-refractivity contribution in [2.24, 2.45) is 0 Å². The summed E-state index contributed by atoms with van der Waals surface area (Å²) in [5.41, 5.74) is 0. The molecule has 0 saturated carbocycles. The number of rotatable bonds is 16. The second kappa shape index (κ2) is 40.5. The first kappa shape index (κ1) is 34.4. The van der Waals surface area contributed by atoms with E-state index < -0.39 is 0 Å². The third-order valence-corrected chi connectivity index (χ3v) is 2.33. The molecule has 0 aliphatic heterocycles. The summed E-state index contributed by atoms with van der Waals surface area (Å²) >= 11 is 0. The Kier molecular flexibility index (Phi) is 53.7. The molecule has 0 aliphatic carbocycles. The zero-order valence-electron chi connectivity index (χ0n) is 17.9. The van der Waals surface area contributed by atoms with Gasteiger partial charge in [0.2, 0.25) is 0 Å². The Morgan fingerprint density at radius 1 is 0.385 bits per heavy atom. The van der Waals surface area contributed by atoms with Crippen LogP contribution in [0.4, 0.5) is 0 Å². The number of aliphatic hydroxyl groups is 6. The molecule has 0 heterocycles. The van der Waals surface area contributed by atoms with Crippen LogP contribution in [0.2, 0.25) is 0 Å². The molecular weight excluding hydrogens is 376 g/mol. The molecule has 0 fully saturated rings. The smallest absolute Gasteiger partial charge is 1.00 e. The van der Waals surface area contributed by atoms with E-state index in [9.17, 15) is 0 Å². The molecule has 0 aromatic carbocycles. The second-order valence-electron chi connectivity index (χ2n) is 4.59. The average Bonchev–Trinajstić information content (AvgIpc) is 2.66. The van der Waals surface area contributed by atoms with Gasteiger partial charge in [-0.05, 0) is 25.7 Å². The molecule has 10 heteroatoms. The number of aliphatic hydroxyl groups excluding tert-OH is 6. The molecule has 0 atom stereocenters. The second-order valence-corrected chi connectivity index (χ2v) is 4.59. The molecule has 0 aromatic heterocycles. The van der Waals surface area contributed by atoms with E-state index in [0.29, 0.717) is 26.4 Å². The van der Waals surface area contributed by atoms with Gasteiger partial charge in [0.1, 0.15) is 0 Å². The summed E-state index contributed by atoms with van der Waals surface area (Å²) in [7, 11) is 0. The van der Waals surface area contributed by atoms with E-state index in [2.05, 4.69) is 0 Å². The molecule has 26 heavy (non-hydrogen) atoms. The maximum absolute atomic E-state index is 8.47. The monoisotopic (exact) mass is 416 g/mol. The van der Waals surface area contributed by atoms with Crippen molar-refractivity contribution in [1.82, 2.24) is 0 Å². The summed E-state index contributed by atoms with van der Waals surface area (Å²) < 4.78 is 15.7. The molecule has 6 N–H and O–H groups in total. The minimum atomic E-state index is -0.125. The summed E-state index contributed by atoms with van der Waals surface area (Å²) in [6.45, 7) is 3.45. The van der Waals surface area contributed by atoms with E-state index in [0.717, 1.165) is 38.9 Å². The van der Waals surface area contributed by atoms with Crippen molar-refractivity contribution < 1.29 is 47.7 Å². The first-order chi connectivity index (χ1) is 12.2. The molecule has 0 aromatic rings. The van der Waals surface area contributed by atoms with Crippen LogP contribution in [0.1, 0.15) is 28.5 Å². The summed E-state index contributed by atoms with van der Waals surface area (Å²) in [5.74, 6) is 0. The number of ether oxygens (including phenoxy) is 3.